The first-order valence-corrected chi connectivity index (χ1v) is 9.59. The molecule has 166 valence electrons. The molecule has 1 aliphatic heterocycles. The van der Waals surface area contributed by atoms with Crippen LogP contribution in [0.2, 0.25) is 0 Å². The lowest BCUT2D eigenvalue weighted by atomic mass is 9.96. The Bertz CT molecular complexity index is 626. The van der Waals surface area contributed by atoms with Crippen LogP contribution in [0.1, 0.15) is 31.7 Å². The van der Waals surface area contributed by atoms with E-state index in [1.807, 2.05) is 14.0 Å². The van der Waals surface area contributed by atoms with Crippen LogP contribution >= 0.6 is 24.0 Å². The first-order chi connectivity index (χ1) is 13.4. The third kappa shape index (κ3) is 10.3. The number of nitrogens with one attached hydrogen (secondary N) is 1. The Balaban J connectivity index is 0.00000420. The Hall–Kier alpha value is -1.30. The number of ether oxygens (including phenoxy) is 2. The fourth-order valence-electron chi connectivity index (χ4n) is 2.94. The highest BCUT2D eigenvalue weighted by Crippen LogP contribution is 2.19. The molecule has 10 heteroatoms. The van der Waals surface area contributed by atoms with E-state index in [0.29, 0.717) is 12.5 Å². The molecule has 1 aromatic heterocycles. The van der Waals surface area contributed by atoms with E-state index in [4.69, 9.17) is 9.47 Å². The lowest BCUT2D eigenvalue weighted by Crippen LogP contribution is -2.40. The van der Waals surface area contributed by atoms with Crippen LogP contribution < -0.4 is 10.1 Å². The topological polar surface area (TPSA) is 59.0 Å². The highest BCUT2D eigenvalue weighted by atomic mass is 127. The summed E-state index contributed by atoms with van der Waals surface area (Å²) in [6.07, 6.45) is 0.313. The van der Waals surface area contributed by atoms with E-state index in [0.717, 1.165) is 57.1 Å². The summed E-state index contributed by atoms with van der Waals surface area (Å²) in [7, 11) is 1.99. The third-order valence-electron chi connectivity index (χ3n) is 4.50. The third-order valence-corrected chi connectivity index (χ3v) is 4.50. The summed E-state index contributed by atoms with van der Waals surface area (Å²) in [6.45, 7) is 4.26. The molecule has 1 aliphatic rings. The highest BCUT2D eigenvalue weighted by molar-refractivity contribution is 14.0. The summed E-state index contributed by atoms with van der Waals surface area (Å²) >= 11 is 0. The maximum Gasteiger partial charge on any atom is 0.422 e. The average Bonchev–Trinajstić information content (AvgIpc) is 2.68. The van der Waals surface area contributed by atoms with Crippen molar-refractivity contribution < 1.29 is 22.6 Å². The van der Waals surface area contributed by atoms with Crippen molar-refractivity contribution in [1.29, 1.82) is 0 Å². The lowest BCUT2D eigenvalue weighted by Gasteiger charge is -2.26. The van der Waals surface area contributed by atoms with E-state index in [2.05, 4.69) is 20.2 Å². The van der Waals surface area contributed by atoms with Gasteiger partial charge in [-0.3, -0.25) is 0 Å². The van der Waals surface area contributed by atoms with Gasteiger partial charge < -0.3 is 19.7 Å². The van der Waals surface area contributed by atoms with Crippen LogP contribution in [-0.4, -0.2) is 62.0 Å². The van der Waals surface area contributed by atoms with Crippen molar-refractivity contribution in [3.63, 3.8) is 0 Å². The number of halogens is 4. The minimum atomic E-state index is -4.39. The summed E-state index contributed by atoms with van der Waals surface area (Å²) in [4.78, 5) is 10.5. The van der Waals surface area contributed by atoms with Gasteiger partial charge in [-0.2, -0.15) is 13.2 Å². The van der Waals surface area contributed by atoms with E-state index >= 15 is 0 Å². The molecule has 0 bridgehead atoms. The fraction of sp³-hybridized carbons (Fsp3) is 0.684. The number of pyridine rings is 1. The molecular weight excluding hydrogens is 500 g/mol. The molecule has 1 saturated heterocycles. The molecule has 0 atom stereocenters. The van der Waals surface area contributed by atoms with Crippen LogP contribution in [-0.2, 0) is 11.3 Å². The van der Waals surface area contributed by atoms with E-state index in [9.17, 15) is 13.2 Å². The highest BCUT2D eigenvalue weighted by Gasteiger charge is 2.28. The van der Waals surface area contributed by atoms with E-state index in [1.54, 1.807) is 6.07 Å². The van der Waals surface area contributed by atoms with Crippen LogP contribution in [0.4, 0.5) is 13.2 Å². The predicted octanol–water partition coefficient (Wildman–Crippen LogP) is 3.85. The zero-order valence-corrected chi connectivity index (χ0v) is 19.2. The van der Waals surface area contributed by atoms with Gasteiger partial charge in [0, 0.05) is 45.6 Å². The van der Waals surface area contributed by atoms with Gasteiger partial charge in [0.05, 0.1) is 6.54 Å². The maximum atomic E-state index is 12.3. The number of hydrogen-bond acceptors (Lipinski definition) is 4. The fourth-order valence-corrected chi connectivity index (χ4v) is 2.94. The minimum Gasteiger partial charge on any atom is -0.468 e. The summed E-state index contributed by atoms with van der Waals surface area (Å²) < 4.78 is 46.9. The number of hydrogen-bond donors (Lipinski definition) is 1. The number of guanidine groups is 1. The molecule has 2 heterocycles. The van der Waals surface area contributed by atoms with Crippen LogP contribution in [0.5, 0.6) is 5.88 Å². The van der Waals surface area contributed by atoms with Gasteiger partial charge in [-0.05, 0) is 43.7 Å². The van der Waals surface area contributed by atoms with Gasteiger partial charge in [0.1, 0.15) is 0 Å². The molecular formula is C19H30F3IN4O2. The van der Waals surface area contributed by atoms with Crippen molar-refractivity contribution in [2.75, 3.05) is 40.0 Å². The van der Waals surface area contributed by atoms with Crippen LogP contribution in [0.3, 0.4) is 0 Å². The van der Waals surface area contributed by atoms with Crippen LogP contribution in [0.25, 0.3) is 0 Å². The van der Waals surface area contributed by atoms with Crippen LogP contribution in [0.15, 0.2) is 23.3 Å². The van der Waals surface area contributed by atoms with Crippen molar-refractivity contribution in [2.24, 2.45) is 10.9 Å². The van der Waals surface area contributed by atoms with E-state index < -0.39 is 12.8 Å². The quantitative estimate of drug-likeness (QED) is 0.315. The molecule has 1 fully saturated rings. The number of rotatable bonds is 8. The van der Waals surface area contributed by atoms with Gasteiger partial charge in [-0.1, -0.05) is 0 Å². The average molecular weight is 530 g/mol. The van der Waals surface area contributed by atoms with E-state index in [-0.39, 0.29) is 29.9 Å². The van der Waals surface area contributed by atoms with Crippen molar-refractivity contribution in [3.05, 3.63) is 23.9 Å². The summed E-state index contributed by atoms with van der Waals surface area (Å²) in [5.41, 5.74) is 0.736. The smallest absolute Gasteiger partial charge is 0.422 e. The monoisotopic (exact) mass is 530 g/mol. The van der Waals surface area contributed by atoms with Crippen molar-refractivity contribution >= 4 is 29.9 Å². The zero-order valence-electron chi connectivity index (χ0n) is 16.9. The minimum absolute atomic E-state index is 0. The standard InChI is InChI=1S/C19H29F3N4O2.HI/c1-3-23-18(26(2)9-5-15-6-10-27-11-7-15)25-13-16-4-8-24-17(12-16)28-14-19(20,21)22;/h4,8,12,15H,3,5-7,9-11,13-14H2,1-2H3,(H,23,25);1H. The first kappa shape index (κ1) is 25.7. The molecule has 0 unspecified atom stereocenters. The Morgan fingerprint density at radius 3 is 2.76 bits per heavy atom. The molecule has 0 amide bonds. The Labute approximate surface area is 187 Å². The molecule has 0 aliphatic carbocycles. The Morgan fingerprint density at radius 2 is 2.10 bits per heavy atom. The second-order valence-corrected chi connectivity index (χ2v) is 6.84. The second kappa shape index (κ2) is 13.1. The molecule has 1 aromatic rings. The van der Waals surface area contributed by atoms with Gasteiger partial charge >= 0.3 is 6.18 Å². The van der Waals surface area contributed by atoms with Gasteiger partial charge in [-0.25, -0.2) is 9.98 Å². The summed E-state index contributed by atoms with van der Waals surface area (Å²) in [6, 6.07) is 3.20. The number of aliphatic imine (C=N–C) groups is 1. The molecule has 1 N–H and O–H groups in total. The molecule has 0 saturated carbocycles. The van der Waals surface area contributed by atoms with Gasteiger partial charge in [-0.15, -0.1) is 24.0 Å². The number of nitrogens with zero attached hydrogens (tertiary/aromatic N) is 3. The number of alkyl halides is 3. The molecule has 6 nitrogen and oxygen atoms in total. The normalized spacial score (nSPS) is 15.6. The lowest BCUT2D eigenvalue weighted by molar-refractivity contribution is -0.154. The van der Waals surface area contributed by atoms with Crippen molar-refractivity contribution in [1.82, 2.24) is 15.2 Å². The summed E-state index contributed by atoms with van der Waals surface area (Å²) in [5, 5.41) is 3.26. The van der Waals surface area contributed by atoms with Gasteiger partial charge in [0.25, 0.3) is 0 Å². The number of aromatic nitrogens is 1. The molecule has 0 spiro atoms. The molecule has 0 radical (unpaired) electrons. The van der Waals surface area contributed by atoms with Crippen molar-refractivity contribution in [3.8, 4) is 5.88 Å². The van der Waals surface area contributed by atoms with Gasteiger partial charge in [0.15, 0.2) is 12.6 Å². The zero-order chi connectivity index (χ0) is 20.4. The molecule has 2 rings (SSSR count). The SMILES string of the molecule is CCNC(=NCc1ccnc(OCC(F)(F)F)c1)N(C)CCC1CCOCC1.I. The Morgan fingerprint density at radius 1 is 1.38 bits per heavy atom. The van der Waals surface area contributed by atoms with Crippen LogP contribution in [0, 0.1) is 5.92 Å². The Kier molecular flexibility index (Phi) is 11.6. The van der Waals surface area contributed by atoms with Crippen molar-refractivity contribution in [2.45, 2.75) is 38.9 Å². The largest absolute Gasteiger partial charge is 0.468 e. The summed E-state index contributed by atoms with van der Waals surface area (Å²) in [5.74, 6) is 1.39. The predicted molar refractivity (Wildman–Crippen MR) is 117 cm³/mol. The van der Waals surface area contributed by atoms with Gasteiger partial charge in [0.2, 0.25) is 5.88 Å². The maximum absolute atomic E-state index is 12.3. The second-order valence-electron chi connectivity index (χ2n) is 6.84. The van der Waals surface area contributed by atoms with E-state index in [1.165, 1.54) is 12.3 Å². The molecule has 29 heavy (non-hydrogen) atoms. The molecule has 0 aromatic carbocycles. The first-order valence-electron chi connectivity index (χ1n) is 9.59.